The number of nitrogens with zero attached hydrogens (tertiary/aromatic N) is 2. The zero-order chi connectivity index (χ0) is 31.0. The Labute approximate surface area is 245 Å². The third-order valence-corrected chi connectivity index (χ3v) is 6.71. The van der Waals surface area contributed by atoms with Crippen molar-refractivity contribution in [1.29, 1.82) is 5.26 Å². The van der Waals surface area contributed by atoms with E-state index in [1.165, 1.54) is 0 Å². The van der Waals surface area contributed by atoms with Crippen LogP contribution in [-0.4, -0.2) is 46.9 Å². The molecular weight excluding hydrogens is 534 g/mol. The number of hydrogen-bond donors (Lipinski definition) is 3. The van der Waals surface area contributed by atoms with Crippen LogP contribution in [0.4, 0.5) is 10.5 Å². The summed E-state index contributed by atoms with van der Waals surface area (Å²) in [5, 5.41) is 17.1. The highest BCUT2D eigenvalue weighted by Gasteiger charge is 2.37. The summed E-state index contributed by atoms with van der Waals surface area (Å²) in [6.45, 7) is 8.26. The molecule has 4 N–H and O–H groups in total. The average molecular weight is 572 g/mol. The van der Waals surface area contributed by atoms with Gasteiger partial charge in [0.25, 0.3) is 5.91 Å². The van der Waals surface area contributed by atoms with Gasteiger partial charge in [-0.2, -0.15) is 5.26 Å². The molecule has 3 aromatic carbocycles. The predicted octanol–water partition coefficient (Wildman–Crippen LogP) is 4.65. The van der Waals surface area contributed by atoms with Gasteiger partial charge in [-0.15, -0.1) is 0 Å². The maximum absolute atomic E-state index is 14.1. The van der Waals surface area contributed by atoms with E-state index in [0.717, 1.165) is 26.8 Å². The number of carbonyl (C=O) groups excluding carboxylic acids is 4. The Hall–Kier alpha value is -4.91. The van der Waals surface area contributed by atoms with Crippen LogP contribution in [0.3, 0.4) is 0 Å². The van der Waals surface area contributed by atoms with Gasteiger partial charge >= 0.3 is 6.09 Å². The van der Waals surface area contributed by atoms with Crippen LogP contribution in [0.1, 0.15) is 56.3 Å². The van der Waals surface area contributed by atoms with E-state index in [2.05, 4.69) is 10.6 Å². The number of rotatable bonds is 10. The molecule has 0 aliphatic heterocycles. The highest BCUT2D eigenvalue weighted by molar-refractivity contribution is 6.00. The minimum atomic E-state index is -1.29. The molecule has 10 nitrogen and oxygen atoms in total. The first-order valence-corrected chi connectivity index (χ1v) is 13.6. The fraction of sp³-hybridized carbons (Fsp3) is 0.344. The Morgan fingerprint density at radius 3 is 2.33 bits per heavy atom. The van der Waals surface area contributed by atoms with Gasteiger partial charge in [-0.1, -0.05) is 48.5 Å². The van der Waals surface area contributed by atoms with Gasteiger partial charge in [-0.25, -0.2) is 4.79 Å². The molecule has 0 fully saturated rings. The number of amides is 4. The zero-order valence-corrected chi connectivity index (χ0v) is 24.6. The number of nitriles is 1. The smallest absolute Gasteiger partial charge is 0.408 e. The van der Waals surface area contributed by atoms with Crippen molar-refractivity contribution in [2.24, 2.45) is 5.73 Å². The van der Waals surface area contributed by atoms with E-state index < -0.39 is 48.0 Å². The number of nitrogens with two attached hydrogens (primary N) is 1. The van der Waals surface area contributed by atoms with Gasteiger partial charge in [0.05, 0.1) is 6.07 Å². The second-order valence-electron chi connectivity index (χ2n) is 11.1. The lowest BCUT2D eigenvalue weighted by molar-refractivity contribution is -0.140. The largest absolute Gasteiger partial charge is 0.444 e. The normalized spacial score (nSPS) is 12.5. The van der Waals surface area contributed by atoms with Gasteiger partial charge in [0, 0.05) is 12.1 Å². The molecule has 3 rings (SSSR count). The third-order valence-electron chi connectivity index (χ3n) is 6.71. The topological polar surface area (TPSA) is 155 Å². The molecule has 220 valence electrons. The van der Waals surface area contributed by atoms with E-state index in [-0.39, 0.29) is 12.8 Å². The second-order valence-corrected chi connectivity index (χ2v) is 11.1. The molecule has 0 spiro atoms. The summed E-state index contributed by atoms with van der Waals surface area (Å²) in [7, 11) is 0. The van der Waals surface area contributed by atoms with Crippen LogP contribution in [0.2, 0.25) is 0 Å². The molecule has 0 saturated heterocycles. The van der Waals surface area contributed by atoms with Crippen LogP contribution < -0.4 is 16.4 Å². The standard InChI is InChI=1S/C32H37N5O5/c1-20-9-8-12-25(21(20)2)28(29(39)35-24-14-13-22-10-6-7-11-23(22)19-24)37(18-17-33)30(40)26(15-16-27(34)38)36-31(41)42-32(3,4)5/h6-14,19,26,28H,15-16,18H2,1-5H3,(H2,34,38)(H,35,39)(H,36,41). The Bertz CT molecular complexity index is 1520. The van der Waals surface area contributed by atoms with Crippen molar-refractivity contribution < 1.29 is 23.9 Å². The molecule has 0 saturated carbocycles. The van der Waals surface area contributed by atoms with Crippen LogP contribution in [0.15, 0.2) is 60.7 Å². The van der Waals surface area contributed by atoms with Crippen molar-refractivity contribution in [3.63, 3.8) is 0 Å². The second kappa shape index (κ2) is 13.6. The van der Waals surface area contributed by atoms with E-state index in [4.69, 9.17) is 10.5 Å². The quantitative estimate of drug-likeness (QED) is 0.301. The van der Waals surface area contributed by atoms with Crippen LogP contribution >= 0.6 is 0 Å². The number of hydrogen-bond acceptors (Lipinski definition) is 6. The fourth-order valence-electron chi connectivity index (χ4n) is 4.56. The predicted molar refractivity (Wildman–Crippen MR) is 160 cm³/mol. The van der Waals surface area contributed by atoms with E-state index in [1.54, 1.807) is 39.0 Å². The van der Waals surface area contributed by atoms with Gasteiger partial charge < -0.3 is 26.0 Å². The molecule has 0 bridgehead atoms. The minimum absolute atomic E-state index is 0.152. The number of alkyl carbamates (subject to hydrolysis) is 1. The summed E-state index contributed by atoms with van der Waals surface area (Å²) < 4.78 is 5.33. The molecule has 0 heterocycles. The number of benzene rings is 3. The van der Waals surface area contributed by atoms with E-state index >= 15 is 0 Å². The van der Waals surface area contributed by atoms with Gasteiger partial charge in [0.1, 0.15) is 24.2 Å². The molecule has 42 heavy (non-hydrogen) atoms. The van der Waals surface area contributed by atoms with Crippen molar-refractivity contribution in [3.05, 3.63) is 77.4 Å². The third kappa shape index (κ3) is 8.30. The molecule has 2 unspecified atom stereocenters. The number of aryl methyl sites for hydroxylation is 1. The first-order chi connectivity index (χ1) is 19.8. The Kier molecular flexibility index (Phi) is 10.3. The zero-order valence-electron chi connectivity index (χ0n) is 24.6. The Balaban J connectivity index is 2.06. The van der Waals surface area contributed by atoms with Crippen molar-refractivity contribution in [2.75, 3.05) is 11.9 Å². The first-order valence-electron chi connectivity index (χ1n) is 13.6. The maximum atomic E-state index is 14.1. The van der Waals surface area contributed by atoms with E-state index in [1.807, 2.05) is 62.4 Å². The lowest BCUT2D eigenvalue weighted by atomic mass is 9.94. The lowest BCUT2D eigenvalue weighted by Gasteiger charge is -2.33. The average Bonchev–Trinajstić information content (AvgIpc) is 2.91. The van der Waals surface area contributed by atoms with Crippen LogP contribution in [0.25, 0.3) is 10.8 Å². The summed E-state index contributed by atoms with van der Waals surface area (Å²) in [6, 6.07) is 18.0. The summed E-state index contributed by atoms with van der Waals surface area (Å²) in [5.74, 6) is -1.96. The van der Waals surface area contributed by atoms with Crippen molar-refractivity contribution >= 4 is 40.3 Å². The van der Waals surface area contributed by atoms with E-state index in [9.17, 15) is 24.4 Å². The molecule has 4 amide bonds. The number of ether oxygens (including phenoxy) is 1. The van der Waals surface area contributed by atoms with Crippen molar-refractivity contribution in [2.45, 2.75) is 65.1 Å². The van der Waals surface area contributed by atoms with E-state index in [0.29, 0.717) is 11.3 Å². The van der Waals surface area contributed by atoms with Crippen molar-refractivity contribution in [3.8, 4) is 6.07 Å². The molecular formula is C32H37N5O5. The SMILES string of the molecule is Cc1cccc(C(C(=O)Nc2ccc3ccccc3c2)N(CC#N)C(=O)C(CCC(N)=O)NC(=O)OC(C)(C)C)c1C. The number of anilines is 1. The highest BCUT2D eigenvalue weighted by Crippen LogP contribution is 2.29. The summed E-state index contributed by atoms with van der Waals surface area (Å²) >= 11 is 0. The molecule has 10 heteroatoms. The molecule has 0 aliphatic carbocycles. The highest BCUT2D eigenvalue weighted by atomic mass is 16.6. The van der Waals surface area contributed by atoms with Crippen LogP contribution in [0, 0.1) is 25.2 Å². The summed E-state index contributed by atoms with van der Waals surface area (Å²) in [4.78, 5) is 53.5. The van der Waals surface area contributed by atoms with Gasteiger partial charge in [-0.3, -0.25) is 14.4 Å². The fourth-order valence-corrected chi connectivity index (χ4v) is 4.56. The first kappa shape index (κ1) is 31.6. The molecule has 3 aromatic rings. The Morgan fingerprint density at radius 1 is 1.00 bits per heavy atom. The lowest BCUT2D eigenvalue weighted by Crippen LogP contribution is -2.52. The summed E-state index contributed by atoms with van der Waals surface area (Å²) in [6.07, 6.45) is -1.25. The maximum Gasteiger partial charge on any atom is 0.408 e. The van der Waals surface area contributed by atoms with Crippen LogP contribution in [0.5, 0.6) is 0 Å². The molecule has 0 aliphatic rings. The summed E-state index contributed by atoms with van der Waals surface area (Å²) in [5.41, 5.74) is 7.17. The number of fused-ring (bicyclic) bond motifs is 1. The molecule has 2 atom stereocenters. The molecule has 0 radical (unpaired) electrons. The minimum Gasteiger partial charge on any atom is -0.444 e. The van der Waals surface area contributed by atoms with Crippen molar-refractivity contribution in [1.82, 2.24) is 10.2 Å². The molecule has 0 aromatic heterocycles. The van der Waals surface area contributed by atoms with Gasteiger partial charge in [-0.05, 0) is 80.6 Å². The monoisotopic (exact) mass is 571 g/mol. The van der Waals surface area contributed by atoms with Gasteiger partial charge in [0.15, 0.2) is 0 Å². The number of carbonyl (C=O) groups is 4. The number of primary amides is 1. The van der Waals surface area contributed by atoms with Gasteiger partial charge in [0.2, 0.25) is 11.8 Å². The number of nitrogens with one attached hydrogen (secondary N) is 2. The Morgan fingerprint density at radius 2 is 1.69 bits per heavy atom. The van der Waals surface area contributed by atoms with Crippen LogP contribution in [-0.2, 0) is 19.1 Å².